The molecule has 1 amide bonds. The first-order chi connectivity index (χ1) is 18.6. The molecule has 0 atom stereocenters. The van der Waals surface area contributed by atoms with Crippen molar-refractivity contribution in [2.75, 3.05) is 41.3 Å². The second kappa shape index (κ2) is 10.7. The van der Waals surface area contributed by atoms with Crippen molar-refractivity contribution < 1.29 is 4.79 Å². The number of carbonyl (C=O) groups excluding carboxylic acids is 1. The highest BCUT2D eigenvalue weighted by atomic mass is 32.1. The van der Waals surface area contributed by atoms with Crippen LogP contribution in [0.1, 0.15) is 26.4 Å². The zero-order valence-electron chi connectivity index (χ0n) is 21.4. The van der Waals surface area contributed by atoms with E-state index in [1.807, 2.05) is 24.3 Å². The van der Waals surface area contributed by atoms with E-state index in [0.717, 1.165) is 58.9 Å². The monoisotopic (exact) mass is 518 g/mol. The van der Waals surface area contributed by atoms with Crippen molar-refractivity contribution in [3.63, 3.8) is 0 Å². The molecule has 2 aromatic heterocycles. The lowest BCUT2D eigenvalue weighted by atomic mass is 10.0. The van der Waals surface area contributed by atoms with E-state index in [2.05, 4.69) is 93.8 Å². The van der Waals surface area contributed by atoms with Gasteiger partial charge in [-0.25, -0.2) is 4.98 Å². The van der Waals surface area contributed by atoms with Gasteiger partial charge in [0.05, 0.1) is 16.8 Å². The number of benzene rings is 3. The summed E-state index contributed by atoms with van der Waals surface area (Å²) >= 11 is 1.55. The Labute approximate surface area is 227 Å². The molecule has 1 saturated heterocycles. The number of aromatic nitrogens is 1. The zero-order valence-corrected chi connectivity index (χ0v) is 22.2. The van der Waals surface area contributed by atoms with E-state index < -0.39 is 0 Å². The van der Waals surface area contributed by atoms with E-state index >= 15 is 0 Å². The van der Waals surface area contributed by atoms with Crippen LogP contribution in [-0.2, 0) is 6.42 Å². The second-order valence-electron chi connectivity index (χ2n) is 9.74. The SMILES string of the molecule is Cc1ccc(Cc2c(C(=O)Nc3ccc(N4CCN(c5ccccc5)CC4)nc3)sc3ccccc23)cc1. The number of fused-ring (bicyclic) bond motifs is 1. The first-order valence-electron chi connectivity index (χ1n) is 13.0. The van der Waals surface area contributed by atoms with Crippen LogP contribution in [-0.4, -0.2) is 37.1 Å². The fourth-order valence-corrected chi connectivity index (χ4v) is 6.15. The number of piperazine rings is 1. The van der Waals surface area contributed by atoms with Crippen molar-refractivity contribution in [1.29, 1.82) is 0 Å². The number of carbonyl (C=O) groups is 1. The lowest BCUT2D eigenvalue weighted by Gasteiger charge is -2.36. The van der Waals surface area contributed by atoms with E-state index in [1.54, 1.807) is 17.5 Å². The average Bonchev–Trinajstić information content (AvgIpc) is 3.34. The Kier molecular flexibility index (Phi) is 6.80. The quantitative estimate of drug-likeness (QED) is 0.269. The molecular weight excluding hydrogens is 488 g/mol. The number of nitrogens with one attached hydrogen (secondary N) is 1. The summed E-state index contributed by atoms with van der Waals surface area (Å²) in [5.74, 6) is 0.858. The third-order valence-corrected chi connectivity index (χ3v) is 8.35. The summed E-state index contributed by atoms with van der Waals surface area (Å²) in [6.45, 7) is 5.84. The van der Waals surface area contributed by atoms with E-state index in [0.29, 0.717) is 5.69 Å². The number of nitrogens with zero attached hydrogens (tertiary/aromatic N) is 3. The molecule has 3 aromatic carbocycles. The predicted molar refractivity (Wildman–Crippen MR) is 159 cm³/mol. The molecule has 1 fully saturated rings. The number of rotatable bonds is 6. The number of amides is 1. The van der Waals surface area contributed by atoms with E-state index in [1.165, 1.54) is 16.8 Å². The van der Waals surface area contributed by atoms with E-state index in [-0.39, 0.29) is 5.91 Å². The predicted octanol–water partition coefficient (Wildman–Crippen LogP) is 6.77. The molecule has 0 aliphatic carbocycles. The minimum atomic E-state index is -0.0839. The van der Waals surface area contributed by atoms with E-state index in [9.17, 15) is 4.79 Å². The average molecular weight is 519 g/mol. The molecule has 1 aliphatic rings. The molecule has 1 aliphatic heterocycles. The van der Waals surface area contributed by atoms with Crippen LogP contribution in [0.2, 0.25) is 0 Å². The van der Waals surface area contributed by atoms with Gasteiger partial charge in [0.15, 0.2) is 0 Å². The van der Waals surface area contributed by atoms with Gasteiger partial charge in [0.2, 0.25) is 0 Å². The molecule has 0 unspecified atom stereocenters. The van der Waals surface area contributed by atoms with Crippen molar-refractivity contribution in [2.45, 2.75) is 13.3 Å². The normalized spacial score (nSPS) is 13.6. The largest absolute Gasteiger partial charge is 0.368 e. The number of anilines is 3. The standard InChI is InChI=1S/C32H30N4OS/c1-23-11-13-24(14-12-23)21-28-27-9-5-6-10-29(27)38-31(28)32(37)34-25-15-16-30(33-22-25)36-19-17-35(18-20-36)26-7-3-2-4-8-26/h2-16,22H,17-21H2,1H3,(H,34,37). The summed E-state index contributed by atoms with van der Waals surface area (Å²) < 4.78 is 1.13. The van der Waals surface area contributed by atoms with Gasteiger partial charge in [0.25, 0.3) is 5.91 Å². The van der Waals surface area contributed by atoms with Crippen LogP contribution in [0, 0.1) is 6.92 Å². The third-order valence-electron chi connectivity index (χ3n) is 7.14. The fourth-order valence-electron chi connectivity index (χ4n) is 5.04. The van der Waals surface area contributed by atoms with Crippen LogP contribution in [0.4, 0.5) is 17.2 Å². The molecule has 38 heavy (non-hydrogen) atoms. The first kappa shape index (κ1) is 24.2. The molecule has 5 aromatic rings. The number of para-hydroxylation sites is 1. The lowest BCUT2D eigenvalue weighted by Crippen LogP contribution is -2.46. The topological polar surface area (TPSA) is 48.5 Å². The molecular formula is C32H30N4OS. The van der Waals surface area contributed by atoms with Crippen LogP contribution in [0.25, 0.3) is 10.1 Å². The Hall–Kier alpha value is -4.16. The fraction of sp³-hybridized carbons (Fsp3) is 0.188. The van der Waals surface area contributed by atoms with Crippen molar-refractivity contribution in [1.82, 2.24) is 4.98 Å². The maximum atomic E-state index is 13.5. The maximum Gasteiger partial charge on any atom is 0.266 e. The zero-order chi connectivity index (χ0) is 25.9. The van der Waals surface area contributed by atoms with Gasteiger partial charge in [0, 0.05) is 36.6 Å². The molecule has 0 radical (unpaired) electrons. The molecule has 190 valence electrons. The van der Waals surface area contributed by atoms with Crippen LogP contribution < -0.4 is 15.1 Å². The van der Waals surface area contributed by atoms with Crippen LogP contribution in [0.5, 0.6) is 0 Å². The molecule has 0 bridgehead atoms. The minimum absolute atomic E-state index is 0.0839. The Morgan fingerprint density at radius 1 is 0.842 bits per heavy atom. The first-order valence-corrected chi connectivity index (χ1v) is 13.8. The van der Waals surface area contributed by atoms with Crippen molar-refractivity contribution >= 4 is 44.5 Å². The van der Waals surface area contributed by atoms with Gasteiger partial charge < -0.3 is 15.1 Å². The van der Waals surface area contributed by atoms with Crippen molar-refractivity contribution in [3.05, 3.63) is 119 Å². The van der Waals surface area contributed by atoms with Gasteiger partial charge in [0.1, 0.15) is 5.82 Å². The Bertz CT molecular complexity index is 1540. The highest BCUT2D eigenvalue weighted by Gasteiger charge is 2.20. The number of thiophene rings is 1. The van der Waals surface area contributed by atoms with Gasteiger partial charge in [-0.2, -0.15) is 0 Å². The minimum Gasteiger partial charge on any atom is -0.368 e. The van der Waals surface area contributed by atoms with Gasteiger partial charge in [-0.15, -0.1) is 11.3 Å². The molecule has 6 rings (SSSR count). The summed E-state index contributed by atoms with van der Waals surface area (Å²) in [4.78, 5) is 23.6. The number of hydrogen-bond donors (Lipinski definition) is 1. The number of hydrogen-bond acceptors (Lipinski definition) is 5. The van der Waals surface area contributed by atoms with Crippen LogP contribution in [0.15, 0.2) is 97.2 Å². The Morgan fingerprint density at radius 3 is 2.29 bits per heavy atom. The molecule has 0 spiro atoms. The third kappa shape index (κ3) is 5.13. The lowest BCUT2D eigenvalue weighted by molar-refractivity contribution is 0.103. The van der Waals surface area contributed by atoms with Crippen molar-refractivity contribution in [2.24, 2.45) is 0 Å². The van der Waals surface area contributed by atoms with Crippen LogP contribution in [0.3, 0.4) is 0 Å². The summed E-state index contributed by atoms with van der Waals surface area (Å²) in [7, 11) is 0. The Morgan fingerprint density at radius 2 is 1.55 bits per heavy atom. The van der Waals surface area contributed by atoms with Crippen LogP contribution >= 0.6 is 11.3 Å². The summed E-state index contributed by atoms with van der Waals surface area (Å²) in [6, 6.07) is 31.3. The van der Waals surface area contributed by atoms with Gasteiger partial charge >= 0.3 is 0 Å². The molecule has 1 N–H and O–H groups in total. The van der Waals surface area contributed by atoms with Crippen molar-refractivity contribution in [3.8, 4) is 0 Å². The summed E-state index contributed by atoms with van der Waals surface area (Å²) in [6.07, 6.45) is 2.49. The highest BCUT2D eigenvalue weighted by molar-refractivity contribution is 7.21. The number of aryl methyl sites for hydroxylation is 1. The number of pyridine rings is 1. The molecule has 5 nitrogen and oxygen atoms in total. The molecule has 6 heteroatoms. The summed E-state index contributed by atoms with van der Waals surface area (Å²) in [5.41, 5.74) is 5.48. The highest BCUT2D eigenvalue weighted by Crippen LogP contribution is 2.34. The summed E-state index contributed by atoms with van der Waals surface area (Å²) in [5, 5.41) is 4.24. The second-order valence-corrected chi connectivity index (χ2v) is 10.8. The van der Waals surface area contributed by atoms with E-state index in [4.69, 9.17) is 0 Å². The Balaban J connectivity index is 1.16. The maximum absolute atomic E-state index is 13.5. The van der Waals surface area contributed by atoms with Gasteiger partial charge in [-0.3, -0.25) is 4.79 Å². The molecule has 3 heterocycles. The smallest absolute Gasteiger partial charge is 0.266 e. The van der Waals surface area contributed by atoms with Gasteiger partial charge in [-0.05, 0) is 60.2 Å². The van der Waals surface area contributed by atoms with Gasteiger partial charge in [-0.1, -0.05) is 66.2 Å². The molecule has 0 saturated carbocycles.